The molecule has 0 radical (unpaired) electrons. The molecule has 114 valence electrons. The van der Waals surface area contributed by atoms with Crippen LogP contribution in [0.25, 0.3) is 0 Å². The molecule has 1 N–H and O–H groups in total. The molecular weight excluding hydrogens is 270 g/mol. The average Bonchev–Trinajstić information content (AvgIpc) is 2.53. The summed E-state index contributed by atoms with van der Waals surface area (Å²) < 4.78 is 5.09. The molecule has 1 aromatic rings. The van der Waals surface area contributed by atoms with E-state index in [1.54, 1.807) is 43.3 Å². The fraction of sp³-hybridized carbons (Fsp3) is 0.500. The van der Waals surface area contributed by atoms with Crippen molar-refractivity contribution >= 4 is 17.6 Å². The summed E-state index contributed by atoms with van der Waals surface area (Å²) in [7, 11) is 3.28. The van der Waals surface area contributed by atoms with E-state index in [1.165, 1.54) is 0 Å². The number of carbonyl (C=O) groups excluding carboxylic acids is 1. The number of carbonyl (C=O) groups is 2. The van der Waals surface area contributed by atoms with Crippen molar-refractivity contribution in [3.8, 4) is 5.75 Å². The van der Waals surface area contributed by atoms with Gasteiger partial charge in [-0.3, -0.25) is 9.59 Å². The third-order valence-electron chi connectivity index (χ3n) is 4.19. The van der Waals surface area contributed by atoms with Crippen LogP contribution in [0, 0.1) is 11.8 Å². The van der Waals surface area contributed by atoms with Gasteiger partial charge in [-0.1, -0.05) is 12.8 Å². The molecule has 1 aliphatic carbocycles. The molecule has 0 aliphatic heterocycles. The zero-order chi connectivity index (χ0) is 15.4. The van der Waals surface area contributed by atoms with Gasteiger partial charge in [-0.15, -0.1) is 0 Å². The van der Waals surface area contributed by atoms with Crippen LogP contribution in [0.5, 0.6) is 5.75 Å². The minimum atomic E-state index is -0.865. The summed E-state index contributed by atoms with van der Waals surface area (Å²) in [5, 5.41) is 9.29. The molecular formula is C16H21NO4. The van der Waals surface area contributed by atoms with Crippen molar-refractivity contribution < 1.29 is 19.4 Å². The summed E-state index contributed by atoms with van der Waals surface area (Å²) in [6, 6.07) is 7.17. The first-order valence-electron chi connectivity index (χ1n) is 7.19. The molecule has 1 aliphatic rings. The Labute approximate surface area is 124 Å². The Hall–Kier alpha value is -2.04. The number of nitrogens with zero attached hydrogens (tertiary/aromatic N) is 1. The van der Waals surface area contributed by atoms with E-state index >= 15 is 0 Å². The van der Waals surface area contributed by atoms with Crippen molar-refractivity contribution in [2.75, 3.05) is 19.1 Å². The Kier molecular flexibility index (Phi) is 4.83. The number of amides is 1. The number of methoxy groups -OCH3 is 1. The molecule has 2 rings (SSSR count). The third kappa shape index (κ3) is 3.35. The third-order valence-corrected chi connectivity index (χ3v) is 4.19. The lowest BCUT2D eigenvalue weighted by Gasteiger charge is -2.31. The van der Waals surface area contributed by atoms with Crippen LogP contribution in [0.15, 0.2) is 24.3 Å². The van der Waals surface area contributed by atoms with Gasteiger partial charge in [0.05, 0.1) is 18.9 Å². The molecule has 0 unspecified atom stereocenters. The number of benzene rings is 1. The Balaban J connectivity index is 2.14. The molecule has 5 nitrogen and oxygen atoms in total. The lowest BCUT2D eigenvalue weighted by atomic mass is 9.78. The van der Waals surface area contributed by atoms with Gasteiger partial charge in [-0.25, -0.2) is 0 Å². The van der Waals surface area contributed by atoms with E-state index in [1.807, 2.05) is 0 Å². The van der Waals surface area contributed by atoms with Crippen LogP contribution in [0.3, 0.4) is 0 Å². The Morgan fingerprint density at radius 1 is 1.14 bits per heavy atom. The highest BCUT2D eigenvalue weighted by atomic mass is 16.5. The summed E-state index contributed by atoms with van der Waals surface area (Å²) >= 11 is 0. The van der Waals surface area contributed by atoms with Crippen molar-refractivity contribution in [2.45, 2.75) is 25.7 Å². The van der Waals surface area contributed by atoms with Gasteiger partial charge in [0, 0.05) is 12.7 Å². The van der Waals surface area contributed by atoms with Crippen molar-refractivity contribution in [1.82, 2.24) is 0 Å². The monoisotopic (exact) mass is 291 g/mol. The molecule has 21 heavy (non-hydrogen) atoms. The first-order chi connectivity index (χ1) is 10.0. The van der Waals surface area contributed by atoms with Gasteiger partial charge >= 0.3 is 5.97 Å². The van der Waals surface area contributed by atoms with Gasteiger partial charge < -0.3 is 14.7 Å². The number of hydrogen-bond acceptors (Lipinski definition) is 3. The molecule has 1 fully saturated rings. The second kappa shape index (κ2) is 6.61. The maximum atomic E-state index is 12.6. The van der Waals surface area contributed by atoms with Gasteiger partial charge in [0.25, 0.3) is 0 Å². The smallest absolute Gasteiger partial charge is 0.307 e. The number of anilines is 1. The molecule has 5 heteroatoms. The molecule has 0 bridgehead atoms. The largest absolute Gasteiger partial charge is 0.497 e. The van der Waals surface area contributed by atoms with Crippen LogP contribution in [-0.4, -0.2) is 31.1 Å². The predicted molar refractivity (Wildman–Crippen MR) is 79.5 cm³/mol. The number of carboxylic acids is 1. The van der Waals surface area contributed by atoms with E-state index in [-0.39, 0.29) is 5.91 Å². The molecule has 0 spiro atoms. The van der Waals surface area contributed by atoms with Crippen LogP contribution in [-0.2, 0) is 9.59 Å². The first-order valence-corrected chi connectivity index (χ1v) is 7.19. The number of hydrogen-bond donors (Lipinski definition) is 1. The highest BCUT2D eigenvalue weighted by Crippen LogP contribution is 2.32. The lowest BCUT2D eigenvalue weighted by Crippen LogP contribution is -2.40. The lowest BCUT2D eigenvalue weighted by molar-refractivity contribution is -0.148. The Morgan fingerprint density at radius 2 is 1.71 bits per heavy atom. The molecule has 0 heterocycles. The van der Waals surface area contributed by atoms with E-state index in [4.69, 9.17) is 4.74 Å². The topological polar surface area (TPSA) is 66.8 Å². The van der Waals surface area contributed by atoms with Gasteiger partial charge in [-0.2, -0.15) is 0 Å². The highest BCUT2D eigenvalue weighted by Gasteiger charge is 2.37. The Morgan fingerprint density at radius 3 is 2.24 bits per heavy atom. The van der Waals surface area contributed by atoms with Crippen molar-refractivity contribution in [3.63, 3.8) is 0 Å². The highest BCUT2D eigenvalue weighted by molar-refractivity contribution is 5.96. The number of aliphatic carboxylic acids is 1. The SMILES string of the molecule is COc1ccc(N(C)C(=O)[C@@H]2CCCC[C@@H]2C(=O)O)cc1. The molecule has 1 amide bonds. The molecule has 1 aromatic carbocycles. The summed E-state index contributed by atoms with van der Waals surface area (Å²) in [4.78, 5) is 25.5. The predicted octanol–water partition coefficient (Wildman–Crippen LogP) is 2.55. The zero-order valence-electron chi connectivity index (χ0n) is 12.4. The molecule has 0 aromatic heterocycles. The fourth-order valence-corrected chi connectivity index (χ4v) is 2.90. The molecule has 1 saturated carbocycles. The molecule has 0 saturated heterocycles. The van der Waals surface area contributed by atoms with Gasteiger partial charge in [0.15, 0.2) is 0 Å². The van der Waals surface area contributed by atoms with Crippen LogP contribution >= 0.6 is 0 Å². The first kappa shape index (κ1) is 15.4. The zero-order valence-corrected chi connectivity index (χ0v) is 12.4. The minimum Gasteiger partial charge on any atom is -0.497 e. The van der Waals surface area contributed by atoms with E-state index in [0.29, 0.717) is 12.8 Å². The summed E-state index contributed by atoms with van der Waals surface area (Å²) in [5.74, 6) is -1.25. The normalized spacial score (nSPS) is 21.6. The van der Waals surface area contributed by atoms with Crippen LogP contribution in [0.4, 0.5) is 5.69 Å². The van der Waals surface area contributed by atoms with E-state index in [0.717, 1.165) is 24.3 Å². The number of rotatable bonds is 4. The quantitative estimate of drug-likeness (QED) is 0.925. The van der Waals surface area contributed by atoms with Crippen molar-refractivity contribution in [1.29, 1.82) is 0 Å². The second-order valence-electron chi connectivity index (χ2n) is 5.43. The van der Waals surface area contributed by atoms with Crippen molar-refractivity contribution in [3.05, 3.63) is 24.3 Å². The van der Waals surface area contributed by atoms with Gasteiger partial charge in [-0.05, 0) is 37.1 Å². The van der Waals surface area contributed by atoms with E-state index in [2.05, 4.69) is 0 Å². The second-order valence-corrected chi connectivity index (χ2v) is 5.43. The van der Waals surface area contributed by atoms with Crippen LogP contribution < -0.4 is 9.64 Å². The van der Waals surface area contributed by atoms with Crippen LogP contribution in [0.2, 0.25) is 0 Å². The van der Waals surface area contributed by atoms with Crippen molar-refractivity contribution in [2.24, 2.45) is 11.8 Å². The minimum absolute atomic E-state index is 0.118. The van der Waals surface area contributed by atoms with Gasteiger partial charge in [0.2, 0.25) is 5.91 Å². The summed E-state index contributed by atoms with van der Waals surface area (Å²) in [6.45, 7) is 0. The van der Waals surface area contributed by atoms with Gasteiger partial charge in [0.1, 0.15) is 5.75 Å². The standard InChI is InChI=1S/C16H21NO4/c1-17(11-7-9-12(21-2)10-8-11)15(18)13-5-3-4-6-14(13)16(19)20/h7-10,13-14H,3-6H2,1-2H3,(H,19,20)/t13-,14+/m1/s1. The maximum Gasteiger partial charge on any atom is 0.307 e. The van der Waals surface area contributed by atoms with E-state index in [9.17, 15) is 14.7 Å². The average molecular weight is 291 g/mol. The number of carboxylic acid groups (broad SMARTS) is 1. The van der Waals surface area contributed by atoms with E-state index < -0.39 is 17.8 Å². The fourth-order valence-electron chi connectivity index (χ4n) is 2.90. The number of ether oxygens (including phenoxy) is 1. The molecule has 2 atom stereocenters. The van der Waals surface area contributed by atoms with Crippen LogP contribution in [0.1, 0.15) is 25.7 Å². The summed E-state index contributed by atoms with van der Waals surface area (Å²) in [5.41, 5.74) is 0.746. The summed E-state index contributed by atoms with van der Waals surface area (Å²) in [6.07, 6.45) is 3.03. The Bertz CT molecular complexity index is 512. The maximum absolute atomic E-state index is 12.6.